The number of guanidine groups is 1. The van der Waals surface area contributed by atoms with Crippen LogP contribution in [0.25, 0.3) is 0 Å². The number of aliphatic hydroxyl groups is 1. The fourth-order valence-electron chi connectivity index (χ4n) is 1.62. The van der Waals surface area contributed by atoms with Crippen LogP contribution in [0.5, 0.6) is 0 Å². The first-order valence-electron chi connectivity index (χ1n) is 6.84. The minimum atomic E-state index is -3.44. The Kier molecular flexibility index (Phi) is 10.2. The van der Waals surface area contributed by atoms with Crippen LogP contribution in [-0.4, -0.2) is 50.5 Å². The summed E-state index contributed by atoms with van der Waals surface area (Å²) in [6.07, 6.45) is -1.03. The molecule has 0 aliphatic rings. The van der Waals surface area contributed by atoms with Crippen molar-refractivity contribution >= 4 is 51.1 Å². The summed E-state index contributed by atoms with van der Waals surface area (Å²) in [7, 11) is -3.44. The molecule has 1 rings (SSSR count). The number of aliphatic hydroxyl groups excluding tert-OH is 1. The van der Waals surface area contributed by atoms with Gasteiger partial charge < -0.3 is 15.7 Å². The van der Waals surface area contributed by atoms with Gasteiger partial charge in [0.1, 0.15) is 4.21 Å². The van der Waals surface area contributed by atoms with E-state index in [-0.39, 0.29) is 46.5 Å². The monoisotopic (exact) mass is 461 g/mol. The van der Waals surface area contributed by atoms with Gasteiger partial charge in [-0.25, -0.2) is 8.42 Å². The van der Waals surface area contributed by atoms with Crippen molar-refractivity contribution in [2.75, 3.05) is 18.8 Å². The number of nitrogens with zero attached hydrogens (tertiary/aromatic N) is 1. The summed E-state index contributed by atoms with van der Waals surface area (Å²) in [5.41, 5.74) is 0. The molecule has 0 radical (unpaired) electrons. The second-order valence-electron chi connectivity index (χ2n) is 4.89. The van der Waals surface area contributed by atoms with Crippen molar-refractivity contribution in [3.63, 3.8) is 0 Å². The van der Waals surface area contributed by atoms with E-state index in [0.717, 1.165) is 11.3 Å². The third kappa shape index (κ3) is 7.75. The van der Waals surface area contributed by atoms with Crippen LogP contribution < -0.4 is 10.6 Å². The molecule has 1 aromatic heterocycles. The van der Waals surface area contributed by atoms with Crippen molar-refractivity contribution < 1.29 is 13.5 Å². The van der Waals surface area contributed by atoms with Gasteiger partial charge in [0.2, 0.25) is 0 Å². The zero-order chi connectivity index (χ0) is 15.9. The van der Waals surface area contributed by atoms with Crippen LogP contribution in [-0.2, 0) is 9.84 Å². The Morgan fingerprint density at radius 3 is 2.64 bits per heavy atom. The zero-order valence-corrected chi connectivity index (χ0v) is 16.9. The molecule has 0 bridgehead atoms. The molecule has 0 spiro atoms. The molecule has 22 heavy (non-hydrogen) atoms. The first-order valence-corrected chi connectivity index (χ1v) is 9.37. The number of rotatable bonds is 7. The van der Waals surface area contributed by atoms with Crippen molar-refractivity contribution in [3.8, 4) is 0 Å². The third-order valence-corrected chi connectivity index (χ3v) is 5.73. The fourth-order valence-corrected chi connectivity index (χ4v) is 4.09. The molecule has 0 aromatic carbocycles. The molecule has 1 atom stereocenters. The number of aliphatic imine (C=N–C) groups is 1. The third-order valence-electron chi connectivity index (χ3n) is 2.44. The molecule has 0 aliphatic heterocycles. The largest absolute Gasteiger partial charge is 0.390 e. The maximum absolute atomic E-state index is 12.0. The zero-order valence-electron chi connectivity index (χ0n) is 12.9. The van der Waals surface area contributed by atoms with Gasteiger partial charge in [-0.1, -0.05) is 6.07 Å². The Hall–Kier alpha value is -0.390. The van der Waals surface area contributed by atoms with Gasteiger partial charge in [0.25, 0.3) is 0 Å². The number of hydrogen-bond donors (Lipinski definition) is 3. The molecule has 128 valence electrons. The number of thiophene rings is 1. The summed E-state index contributed by atoms with van der Waals surface area (Å²) in [4.78, 5) is 4.20. The SMILES string of the molecule is CCNC(=NCC(O)CS(=O)(=O)c1cccs1)NC(C)C.I. The van der Waals surface area contributed by atoms with Gasteiger partial charge in [0.05, 0.1) is 18.4 Å². The smallest absolute Gasteiger partial charge is 0.191 e. The normalized spacial score (nSPS) is 13.6. The second-order valence-corrected chi connectivity index (χ2v) is 8.09. The van der Waals surface area contributed by atoms with Crippen LogP contribution in [0.3, 0.4) is 0 Å². The first-order chi connectivity index (χ1) is 9.85. The summed E-state index contributed by atoms with van der Waals surface area (Å²) in [6, 6.07) is 3.42. The summed E-state index contributed by atoms with van der Waals surface area (Å²) < 4.78 is 24.3. The van der Waals surface area contributed by atoms with Gasteiger partial charge >= 0.3 is 0 Å². The Morgan fingerprint density at radius 2 is 2.14 bits per heavy atom. The highest BCUT2D eigenvalue weighted by atomic mass is 127. The van der Waals surface area contributed by atoms with E-state index in [1.54, 1.807) is 17.5 Å². The summed E-state index contributed by atoms with van der Waals surface area (Å²) in [6.45, 7) is 6.62. The Labute approximate surface area is 153 Å². The van der Waals surface area contributed by atoms with E-state index in [1.807, 2.05) is 20.8 Å². The van der Waals surface area contributed by atoms with Crippen LogP contribution in [0.2, 0.25) is 0 Å². The molecule has 0 saturated heterocycles. The van der Waals surface area contributed by atoms with E-state index in [9.17, 15) is 13.5 Å². The predicted octanol–water partition coefficient (Wildman–Crippen LogP) is 1.46. The number of hydrogen-bond acceptors (Lipinski definition) is 5. The van der Waals surface area contributed by atoms with Crippen LogP contribution in [0.1, 0.15) is 20.8 Å². The minimum absolute atomic E-state index is 0. The van der Waals surface area contributed by atoms with Crippen molar-refractivity contribution in [2.24, 2.45) is 4.99 Å². The van der Waals surface area contributed by atoms with Crippen molar-refractivity contribution in [1.29, 1.82) is 0 Å². The van der Waals surface area contributed by atoms with Gasteiger partial charge in [-0.3, -0.25) is 4.99 Å². The quantitative estimate of drug-likeness (QED) is 0.325. The molecule has 0 amide bonds. The highest BCUT2D eigenvalue weighted by molar-refractivity contribution is 14.0. The molecule has 1 heterocycles. The molecular formula is C13H24IN3O3S2. The summed E-state index contributed by atoms with van der Waals surface area (Å²) >= 11 is 1.15. The van der Waals surface area contributed by atoms with Crippen LogP contribution >= 0.6 is 35.3 Å². The van der Waals surface area contributed by atoms with Crippen LogP contribution in [0.4, 0.5) is 0 Å². The average molecular weight is 461 g/mol. The number of nitrogens with one attached hydrogen (secondary N) is 2. The molecular weight excluding hydrogens is 437 g/mol. The first kappa shape index (κ1) is 21.6. The predicted molar refractivity (Wildman–Crippen MR) is 102 cm³/mol. The van der Waals surface area contributed by atoms with Gasteiger partial charge in [0.15, 0.2) is 15.8 Å². The van der Waals surface area contributed by atoms with Gasteiger partial charge in [-0.05, 0) is 32.2 Å². The van der Waals surface area contributed by atoms with E-state index in [2.05, 4.69) is 15.6 Å². The highest BCUT2D eigenvalue weighted by Gasteiger charge is 2.20. The molecule has 9 heteroatoms. The fraction of sp³-hybridized carbons (Fsp3) is 0.615. The number of sulfone groups is 1. The molecule has 0 fully saturated rings. The van der Waals surface area contributed by atoms with E-state index in [0.29, 0.717) is 12.5 Å². The Balaban J connectivity index is 0.00000441. The summed E-state index contributed by atoms with van der Waals surface area (Å²) in [5.74, 6) is 0.248. The maximum Gasteiger partial charge on any atom is 0.191 e. The maximum atomic E-state index is 12.0. The molecule has 0 saturated carbocycles. The van der Waals surface area contributed by atoms with Gasteiger partial charge in [0, 0.05) is 12.6 Å². The van der Waals surface area contributed by atoms with E-state index in [1.165, 1.54) is 0 Å². The van der Waals surface area contributed by atoms with E-state index < -0.39 is 15.9 Å². The lowest BCUT2D eigenvalue weighted by atomic mass is 10.4. The lowest BCUT2D eigenvalue weighted by molar-refractivity contribution is 0.206. The van der Waals surface area contributed by atoms with E-state index >= 15 is 0 Å². The van der Waals surface area contributed by atoms with E-state index in [4.69, 9.17) is 0 Å². The van der Waals surface area contributed by atoms with Crippen molar-refractivity contribution in [1.82, 2.24) is 10.6 Å². The second kappa shape index (κ2) is 10.4. The van der Waals surface area contributed by atoms with Crippen LogP contribution in [0.15, 0.2) is 26.7 Å². The highest BCUT2D eigenvalue weighted by Crippen LogP contribution is 2.18. The Morgan fingerprint density at radius 1 is 1.45 bits per heavy atom. The lowest BCUT2D eigenvalue weighted by Gasteiger charge is -2.15. The average Bonchev–Trinajstić information content (AvgIpc) is 2.89. The summed E-state index contributed by atoms with van der Waals surface area (Å²) in [5, 5.41) is 17.7. The number of halogens is 1. The Bertz CT molecular complexity index is 545. The van der Waals surface area contributed by atoms with Gasteiger partial charge in [-0.2, -0.15) is 0 Å². The molecule has 6 nitrogen and oxygen atoms in total. The molecule has 1 aromatic rings. The molecule has 1 unspecified atom stereocenters. The van der Waals surface area contributed by atoms with Gasteiger partial charge in [-0.15, -0.1) is 35.3 Å². The topological polar surface area (TPSA) is 90.8 Å². The van der Waals surface area contributed by atoms with Crippen molar-refractivity contribution in [3.05, 3.63) is 17.5 Å². The van der Waals surface area contributed by atoms with Crippen molar-refractivity contribution in [2.45, 2.75) is 37.1 Å². The lowest BCUT2D eigenvalue weighted by Crippen LogP contribution is -2.41. The molecule has 3 N–H and O–H groups in total. The van der Waals surface area contributed by atoms with Crippen LogP contribution in [0, 0.1) is 0 Å². The molecule has 0 aliphatic carbocycles. The minimum Gasteiger partial charge on any atom is -0.390 e. The standard InChI is InChI=1S/C13H23N3O3S2.HI/c1-4-14-13(16-10(2)3)15-8-11(17)9-21(18,19)12-6-5-7-20-12;/h5-7,10-11,17H,4,8-9H2,1-3H3,(H2,14,15,16);1H.